The summed E-state index contributed by atoms with van der Waals surface area (Å²) in [5.41, 5.74) is 1.38. The van der Waals surface area contributed by atoms with Crippen molar-refractivity contribution in [2.24, 2.45) is 0 Å². The lowest BCUT2D eigenvalue weighted by Gasteiger charge is -2.09. The van der Waals surface area contributed by atoms with Crippen molar-refractivity contribution in [1.29, 1.82) is 0 Å². The number of amides is 1. The van der Waals surface area contributed by atoms with Gasteiger partial charge in [0, 0.05) is 16.7 Å². The highest BCUT2D eigenvalue weighted by Crippen LogP contribution is 2.32. The van der Waals surface area contributed by atoms with Crippen LogP contribution < -0.4 is 10.0 Å². The van der Waals surface area contributed by atoms with Crippen molar-refractivity contribution in [2.45, 2.75) is 24.7 Å². The summed E-state index contributed by atoms with van der Waals surface area (Å²) in [5.74, 6) is -0.118. The summed E-state index contributed by atoms with van der Waals surface area (Å²) >= 11 is 3.23. The summed E-state index contributed by atoms with van der Waals surface area (Å²) in [6.07, 6.45) is 0.945. The van der Waals surface area contributed by atoms with Crippen LogP contribution in [-0.4, -0.2) is 20.9 Å². The number of nitrogens with one attached hydrogen (secondary N) is 2. The molecule has 98 valence electrons. The molecule has 5 nitrogen and oxygen atoms in total. The Labute approximate surface area is 114 Å². The molecule has 0 aromatic heterocycles. The molecule has 1 aliphatic rings. The fourth-order valence-electron chi connectivity index (χ4n) is 1.75. The van der Waals surface area contributed by atoms with Gasteiger partial charge in [-0.2, -0.15) is 0 Å². The Balaban J connectivity index is 2.41. The van der Waals surface area contributed by atoms with Crippen molar-refractivity contribution in [2.75, 3.05) is 11.9 Å². The van der Waals surface area contributed by atoms with Crippen LogP contribution in [0.5, 0.6) is 0 Å². The van der Waals surface area contributed by atoms with Gasteiger partial charge in [0.1, 0.15) is 0 Å². The van der Waals surface area contributed by atoms with Gasteiger partial charge in [-0.1, -0.05) is 6.92 Å². The zero-order valence-corrected chi connectivity index (χ0v) is 12.2. The van der Waals surface area contributed by atoms with E-state index >= 15 is 0 Å². The number of hydrogen-bond acceptors (Lipinski definition) is 3. The van der Waals surface area contributed by atoms with Gasteiger partial charge >= 0.3 is 0 Å². The highest BCUT2D eigenvalue weighted by Gasteiger charge is 2.24. The number of anilines is 1. The molecular formula is C11H13BrN2O3S. The first kappa shape index (κ1) is 13.5. The first-order valence-electron chi connectivity index (χ1n) is 5.56. The fourth-order valence-corrected chi connectivity index (χ4v) is 3.97. The maximum Gasteiger partial charge on any atom is 0.241 e. The third-order valence-electron chi connectivity index (χ3n) is 2.61. The van der Waals surface area contributed by atoms with E-state index in [2.05, 4.69) is 26.0 Å². The number of carbonyl (C=O) groups excluding carboxylic acids is 1. The van der Waals surface area contributed by atoms with Gasteiger partial charge in [0.15, 0.2) is 0 Å². The van der Waals surface area contributed by atoms with Crippen molar-refractivity contribution in [1.82, 2.24) is 4.72 Å². The van der Waals surface area contributed by atoms with Crippen molar-refractivity contribution in [3.8, 4) is 0 Å². The molecule has 0 radical (unpaired) electrons. The summed E-state index contributed by atoms with van der Waals surface area (Å²) in [7, 11) is -3.53. The summed E-state index contributed by atoms with van der Waals surface area (Å²) < 4.78 is 27.0. The first-order valence-corrected chi connectivity index (χ1v) is 7.83. The lowest BCUT2D eigenvalue weighted by Crippen LogP contribution is -2.24. The Kier molecular flexibility index (Phi) is 3.74. The van der Waals surface area contributed by atoms with Crippen LogP contribution in [0.25, 0.3) is 0 Å². The monoisotopic (exact) mass is 332 g/mol. The number of sulfonamides is 1. The quantitative estimate of drug-likeness (QED) is 0.879. The smallest absolute Gasteiger partial charge is 0.241 e. The van der Waals surface area contributed by atoms with Crippen LogP contribution >= 0.6 is 15.9 Å². The predicted molar refractivity (Wildman–Crippen MR) is 72.0 cm³/mol. The Hall–Kier alpha value is -0.920. The maximum atomic E-state index is 12.0. The normalized spacial score (nSPS) is 14.4. The van der Waals surface area contributed by atoms with Crippen LogP contribution in [0, 0.1) is 0 Å². The van der Waals surface area contributed by atoms with Gasteiger partial charge in [-0.15, -0.1) is 0 Å². The molecular weight excluding hydrogens is 320 g/mol. The van der Waals surface area contributed by atoms with Crippen molar-refractivity contribution in [3.63, 3.8) is 0 Å². The highest BCUT2D eigenvalue weighted by atomic mass is 79.9. The molecule has 0 bridgehead atoms. The molecule has 0 saturated heterocycles. The third-order valence-corrected chi connectivity index (χ3v) is 5.03. The standard InChI is InChI=1S/C11H13BrN2O3S/c1-2-3-13-18(16,17)10-4-7-5-11(15)14-9(7)6-8(10)12/h4,6,13H,2-3,5H2,1H3,(H,14,15). The molecule has 0 saturated carbocycles. The number of benzene rings is 1. The van der Waals surface area contributed by atoms with Gasteiger partial charge in [0.25, 0.3) is 0 Å². The van der Waals surface area contributed by atoms with Gasteiger partial charge in [0.2, 0.25) is 15.9 Å². The SMILES string of the molecule is CCCNS(=O)(=O)c1cc2c(cc1Br)NC(=O)C2. The topological polar surface area (TPSA) is 75.3 Å². The molecule has 1 aromatic carbocycles. The van der Waals surface area contributed by atoms with Gasteiger partial charge < -0.3 is 5.32 Å². The van der Waals surface area contributed by atoms with E-state index in [4.69, 9.17) is 0 Å². The Bertz CT molecular complexity index is 599. The van der Waals surface area contributed by atoms with E-state index in [9.17, 15) is 13.2 Å². The molecule has 0 aliphatic carbocycles. The molecule has 0 spiro atoms. The van der Waals surface area contributed by atoms with Crippen molar-refractivity contribution in [3.05, 3.63) is 22.2 Å². The van der Waals surface area contributed by atoms with E-state index in [1.807, 2.05) is 6.92 Å². The molecule has 7 heteroatoms. The van der Waals surface area contributed by atoms with Crippen LogP contribution in [0.3, 0.4) is 0 Å². The number of halogens is 1. The average Bonchev–Trinajstić information content (AvgIpc) is 2.64. The summed E-state index contributed by atoms with van der Waals surface area (Å²) in [6, 6.07) is 3.16. The molecule has 0 unspecified atom stereocenters. The van der Waals surface area contributed by atoms with Crippen LogP contribution in [0.15, 0.2) is 21.5 Å². The van der Waals surface area contributed by atoms with Gasteiger partial charge in [-0.25, -0.2) is 13.1 Å². The number of carbonyl (C=O) groups is 1. The van der Waals surface area contributed by atoms with E-state index in [-0.39, 0.29) is 17.2 Å². The van der Waals surface area contributed by atoms with Gasteiger partial charge in [0.05, 0.1) is 11.3 Å². The summed E-state index contributed by atoms with van der Waals surface area (Å²) in [4.78, 5) is 11.4. The van der Waals surface area contributed by atoms with Crippen molar-refractivity contribution >= 4 is 37.5 Å². The van der Waals surface area contributed by atoms with E-state index in [0.717, 1.165) is 6.42 Å². The second kappa shape index (κ2) is 4.99. The number of rotatable bonds is 4. The minimum Gasteiger partial charge on any atom is -0.325 e. The zero-order valence-electron chi connectivity index (χ0n) is 9.79. The molecule has 2 rings (SSSR count). The average molecular weight is 333 g/mol. The van der Waals surface area contributed by atoms with Crippen LogP contribution in [0.2, 0.25) is 0 Å². The van der Waals surface area contributed by atoms with Crippen LogP contribution in [0.1, 0.15) is 18.9 Å². The Morgan fingerprint density at radius 3 is 2.83 bits per heavy atom. The van der Waals surface area contributed by atoms with Crippen molar-refractivity contribution < 1.29 is 13.2 Å². The minimum absolute atomic E-state index is 0.118. The summed E-state index contributed by atoms with van der Waals surface area (Å²) in [5, 5.41) is 2.68. The zero-order chi connectivity index (χ0) is 13.3. The highest BCUT2D eigenvalue weighted by molar-refractivity contribution is 9.10. The largest absolute Gasteiger partial charge is 0.325 e. The lowest BCUT2D eigenvalue weighted by atomic mass is 10.2. The van der Waals surface area contributed by atoms with E-state index < -0.39 is 10.0 Å². The summed E-state index contributed by atoms with van der Waals surface area (Å²) in [6.45, 7) is 2.28. The Morgan fingerprint density at radius 2 is 2.17 bits per heavy atom. The molecule has 0 fully saturated rings. The number of fused-ring (bicyclic) bond motifs is 1. The molecule has 1 heterocycles. The molecule has 1 aromatic rings. The minimum atomic E-state index is -3.53. The fraction of sp³-hybridized carbons (Fsp3) is 0.364. The van der Waals surface area contributed by atoms with E-state index in [1.165, 1.54) is 6.07 Å². The van der Waals surface area contributed by atoms with Crippen LogP contribution in [-0.2, 0) is 21.2 Å². The first-order chi connectivity index (χ1) is 8.44. The number of hydrogen-bond donors (Lipinski definition) is 2. The van der Waals surface area contributed by atoms with Crippen LogP contribution in [0.4, 0.5) is 5.69 Å². The molecule has 1 aliphatic heterocycles. The maximum absolute atomic E-state index is 12.0. The molecule has 2 N–H and O–H groups in total. The molecule has 18 heavy (non-hydrogen) atoms. The Morgan fingerprint density at radius 1 is 1.44 bits per heavy atom. The second-order valence-corrected chi connectivity index (χ2v) is 6.65. The lowest BCUT2D eigenvalue weighted by molar-refractivity contribution is -0.115. The van der Waals surface area contributed by atoms with Gasteiger partial charge in [-0.3, -0.25) is 4.79 Å². The van der Waals surface area contributed by atoms with E-state index in [0.29, 0.717) is 22.3 Å². The van der Waals surface area contributed by atoms with E-state index in [1.54, 1.807) is 6.07 Å². The third kappa shape index (κ3) is 2.57. The predicted octanol–water partition coefficient (Wildman–Crippen LogP) is 1.63. The second-order valence-electron chi connectivity index (χ2n) is 4.06. The van der Waals surface area contributed by atoms with Gasteiger partial charge in [-0.05, 0) is 40.0 Å². The molecule has 0 atom stereocenters. The molecule has 1 amide bonds.